The number of aryl methyl sites for hydroxylation is 1. The molecule has 4 N–H and O–H groups in total. The molecule has 164 valence electrons. The fraction of sp³-hybridized carbons (Fsp3) is 0.476. The molecule has 9 nitrogen and oxygen atoms in total. The molecule has 0 amide bonds. The van der Waals surface area contributed by atoms with Crippen LogP contribution in [-0.4, -0.2) is 56.5 Å². The number of fused-ring (bicyclic) bond motifs is 2. The zero-order chi connectivity index (χ0) is 21.7. The smallest absolute Gasteiger partial charge is 0.253 e. The standard InChI is InChI=1S/C21H25FN6O3/c1-10-11-4-6-28(19(11)26-9-25-10)14-7-15(18(29)17(14)23)31-20-13-8-24-5-3-12(13)16(22)21(27-20)30-2/h4,6,9,14-15,17-18,24,29H,3,5,7-8,23H2,1-2H3. The first-order valence-corrected chi connectivity index (χ1v) is 10.3. The van der Waals surface area contributed by atoms with Gasteiger partial charge in [-0.2, -0.15) is 4.98 Å². The molecule has 3 aromatic heterocycles. The van der Waals surface area contributed by atoms with Crippen LogP contribution in [0.3, 0.4) is 0 Å². The maximum Gasteiger partial charge on any atom is 0.253 e. The molecule has 1 aliphatic heterocycles. The normalized spacial score (nSPS) is 25.6. The Balaban J connectivity index is 1.47. The Kier molecular flexibility index (Phi) is 4.99. The summed E-state index contributed by atoms with van der Waals surface area (Å²) >= 11 is 0. The molecular formula is C21H25FN6O3. The molecule has 1 aliphatic carbocycles. The van der Waals surface area contributed by atoms with E-state index in [2.05, 4.69) is 20.3 Å². The second-order valence-electron chi connectivity index (χ2n) is 8.07. The molecule has 0 bridgehead atoms. The lowest BCUT2D eigenvalue weighted by atomic mass is 10.0. The van der Waals surface area contributed by atoms with Crippen molar-refractivity contribution in [2.24, 2.45) is 5.73 Å². The first kappa shape index (κ1) is 20.1. The second-order valence-corrected chi connectivity index (χ2v) is 8.07. The Labute approximate surface area is 178 Å². The van der Waals surface area contributed by atoms with Crippen LogP contribution >= 0.6 is 0 Å². The van der Waals surface area contributed by atoms with Crippen LogP contribution < -0.4 is 20.5 Å². The van der Waals surface area contributed by atoms with Gasteiger partial charge in [0, 0.05) is 35.7 Å². The molecule has 4 unspecified atom stereocenters. The van der Waals surface area contributed by atoms with Gasteiger partial charge in [0.25, 0.3) is 5.88 Å². The van der Waals surface area contributed by atoms with E-state index >= 15 is 0 Å². The number of ether oxygens (including phenoxy) is 2. The highest BCUT2D eigenvalue weighted by atomic mass is 19.1. The number of nitrogens with two attached hydrogens (primary N) is 1. The van der Waals surface area contributed by atoms with Gasteiger partial charge in [0.1, 0.15) is 24.2 Å². The topological polar surface area (TPSA) is 120 Å². The molecule has 0 radical (unpaired) electrons. The highest BCUT2D eigenvalue weighted by molar-refractivity contribution is 5.78. The van der Waals surface area contributed by atoms with Crippen molar-refractivity contribution in [1.29, 1.82) is 0 Å². The highest BCUT2D eigenvalue weighted by Gasteiger charge is 2.44. The minimum Gasteiger partial charge on any atom is -0.479 e. The Bertz CT molecular complexity index is 1140. The van der Waals surface area contributed by atoms with E-state index in [-0.39, 0.29) is 17.8 Å². The van der Waals surface area contributed by atoms with E-state index in [0.717, 1.165) is 16.7 Å². The molecule has 10 heteroatoms. The van der Waals surface area contributed by atoms with Crippen molar-refractivity contribution in [2.45, 2.75) is 50.6 Å². The van der Waals surface area contributed by atoms with Crippen molar-refractivity contribution < 1.29 is 19.0 Å². The summed E-state index contributed by atoms with van der Waals surface area (Å²) in [6.07, 6.45) is 2.88. The van der Waals surface area contributed by atoms with Gasteiger partial charge in [-0.05, 0) is 26.0 Å². The number of hydrogen-bond acceptors (Lipinski definition) is 8. The van der Waals surface area contributed by atoms with Crippen molar-refractivity contribution in [3.05, 3.63) is 41.2 Å². The third-order valence-corrected chi connectivity index (χ3v) is 6.35. The van der Waals surface area contributed by atoms with Crippen LogP contribution in [0.1, 0.15) is 29.3 Å². The fourth-order valence-electron chi connectivity index (χ4n) is 4.64. The summed E-state index contributed by atoms with van der Waals surface area (Å²) in [5.41, 5.74) is 9.24. The number of aliphatic hydroxyl groups excluding tert-OH is 1. The number of hydrogen-bond donors (Lipinski definition) is 3. The van der Waals surface area contributed by atoms with Gasteiger partial charge < -0.3 is 30.2 Å². The molecule has 0 saturated heterocycles. The number of nitrogens with zero attached hydrogens (tertiary/aromatic N) is 4. The Morgan fingerprint density at radius 1 is 1.29 bits per heavy atom. The molecule has 0 aromatic carbocycles. The lowest BCUT2D eigenvalue weighted by Gasteiger charge is -2.24. The van der Waals surface area contributed by atoms with E-state index in [4.69, 9.17) is 15.2 Å². The van der Waals surface area contributed by atoms with E-state index < -0.39 is 24.1 Å². The summed E-state index contributed by atoms with van der Waals surface area (Å²) in [5, 5.41) is 15.0. The molecule has 0 spiro atoms. The van der Waals surface area contributed by atoms with Gasteiger partial charge in [-0.15, -0.1) is 0 Å². The van der Waals surface area contributed by atoms with Crippen LogP contribution in [0.2, 0.25) is 0 Å². The second kappa shape index (κ2) is 7.70. The van der Waals surface area contributed by atoms with Crippen molar-refractivity contribution >= 4 is 11.0 Å². The summed E-state index contributed by atoms with van der Waals surface area (Å²) in [4.78, 5) is 12.9. The Hall–Kier alpha value is -2.82. The summed E-state index contributed by atoms with van der Waals surface area (Å²) < 4.78 is 27.9. The molecule has 1 saturated carbocycles. The third-order valence-electron chi connectivity index (χ3n) is 6.35. The maximum atomic E-state index is 14.7. The van der Waals surface area contributed by atoms with Crippen molar-refractivity contribution in [3.63, 3.8) is 0 Å². The zero-order valence-electron chi connectivity index (χ0n) is 17.4. The average molecular weight is 428 g/mol. The van der Waals surface area contributed by atoms with Crippen LogP contribution in [0.25, 0.3) is 11.0 Å². The van der Waals surface area contributed by atoms with Gasteiger partial charge in [0.2, 0.25) is 5.88 Å². The first-order valence-electron chi connectivity index (χ1n) is 10.3. The number of methoxy groups -OCH3 is 1. The largest absolute Gasteiger partial charge is 0.479 e. The van der Waals surface area contributed by atoms with Crippen LogP contribution in [0.4, 0.5) is 4.39 Å². The number of nitrogens with one attached hydrogen (secondary N) is 1. The van der Waals surface area contributed by atoms with E-state index in [9.17, 15) is 9.50 Å². The van der Waals surface area contributed by atoms with Crippen molar-refractivity contribution in [3.8, 4) is 11.8 Å². The first-order chi connectivity index (χ1) is 15.0. The van der Waals surface area contributed by atoms with E-state index in [1.807, 2.05) is 23.8 Å². The quantitative estimate of drug-likeness (QED) is 0.563. The summed E-state index contributed by atoms with van der Waals surface area (Å²) in [5.74, 6) is -0.290. The number of aromatic nitrogens is 4. The van der Waals surface area contributed by atoms with Crippen LogP contribution in [0.15, 0.2) is 18.6 Å². The lowest BCUT2D eigenvalue weighted by Crippen LogP contribution is -2.40. The van der Waals surface area contributed by atoms with Gasteiger partial charge in [0.15, 0.2) is 5.82 Å². The van der Waals surface area contributed by atoms with Crippen LogP contribution in [0, 0.1) is 12.7 Å². The van der Waals surface area contributed by atoms with Crippen molar-refractivity contribution in [1.82, 2.24) is 24.8 Å². The summed E-state index contributed by atoms with van der Waals surface area (Å²) in [7, 11) is 1.38. The molecule has 3 aromatic rings. The molecular weight excluding hydrogens is 403 g/mol. The van der Waals surface area contributed by atoms with Gasteiger partial charge in [-0.3, -0.25) is 0 Å². The highest BCUT2D eigenvalue weighted by Crippen LogP contribution is 2.37. The SMILES string of the molecule is COc1nc(OC2CC(n3ccc4c(C)ncnc43)C(N)C2O)c2c(c1F)CCNC2. The van der Waals surface area contributed by atoms with Crippen LogP contribution in [0.5, 0.6) is 11.8 Å². The summed E-state index contributed by atoms with van der Waals surface area (Å²) in [6, 6.07) is 1.17. The lowest BCUT2D eigenvalue weighted by molar-refractivity contribution is 0.0477. The fourth-order valence-corrected chi connectivity index (χ4v) is 4.64. The van der Waals surface area contributed by atoms with Gasteiger partial charge in [0.05, 0.1) is 24.9 Å². The number of rotatable bonds is 4. The Morgan fingerprint density at radius 3 is 2.94 bits per heavy atom. The molecule has 5 rings (SSSR count). The Morgan fingerprint density at radius 2 is 2.13 bits per heavy atom. The third kappa shape index (κ3) is 3.22. The monoisotopic (exact) mass is 428 g/mol. The van der Waals surface area contributed by atoms with E-state index in [1.54, 1.807) is 0 Å². The maximum absolute atomic E-state index is 14.7. The number of halogens is 1. The van der Waals surface area contributed by atoms with Crippen molar-refractivity contribution in [2.75, 3.05) is 13.7 Å². The number of aliphatic hydroxyl groups is 1. The van der Waals surface area contributed by atoms with Crippen LogP contribution in [-0.2, 0) is 13.0 Å². The summed E-state index contributed by atoms with van der Waals surface area (Å²) in [6.45, 7) is 3.03. The average Bonchev–Trinajstić information content (AvgIpc) is 3.33. The van der Waals surface area contributed by atoms with Gasteiger partial charge in [-0.1, -0.05) is 0 Å². The molecule has 1 fully saturated rings. The van der Waals surface area contributed by atoms with Gasteiger partial charge in [-0.25, -0.2) is 14.4 Å². The minimum atomic E-state index is -0.921. The molecule has 31 heavy (non-hydrogen) atoms. The van der Waals surface area contributed by atoms with Gasteiger partial charge >= 0.3 is 0 Å². The zero-order valence-corrected chi connectivity index (χ0v) is 17.4. The molecule has 2 aliphatic rings. The molecule has 4 heterocycles. The predicted octanol–water partition coefficient (Wildman–Crippen LogP) is 1.01. The number of pyridine rings is 1. The minimum absolute atomic E-state index is 0.104. The molecule has 4 atom stereocenters. The van der Waals surface area contributed by atoms with E-state index in [0.29, 0.717) is 37.1 Å². The van der Waals surface area contributed by atoms with E-state index in [1.165, 1.54) is 13.4 Å². The predicted molar refractivity (Wildman–Crippen MR) is 110 cm³/mol.